The largest absolute Gasteiger partial charge is 0.481 e. The number of hydrogen-bond acceptors (Lipinski definition) is 1. The molecule has 68 valence electrons. The predicted octanol–water partition coefficient (Wildman–Crippen LogP) is 2.97. The Morgan fingerprint density at radius 3 is 1.92 bits per heavy atom. The molecule has 2 nitrogen and oxygen atoms in total. The van der Waals surface area contributed by atoms with E-state index in [1.54, 1.807) is 6.08 Å². The van der Waals surface area contributed by atoms with Crippen LogP contribution in [-0.2, 0) is 4.79 Å². The molecule has 0 radical (unpaired) electrons. The molecule has 1 fully saturated rings. The lowest BCUT2D eigenvalue weighted by molar-refractivity contribution is -0.142. The molecular weight excluding hydrogens is 288 g/mol. The number of carboxylic acid groups (broad SMARTS) is 1. The third-order valence-corrected chi connectivity index (χ3v) is 3.32. The Morgan fingerprint density at radius 1 is 1.42 bits per heavy atom. The van der Waals surface area contributed by atoms with E-state index < -0.39 is 11.4 Å². The second-order valence-corrected chi connectivity index (χ2v) is 6.02. The summed E-state index contributed by atoms with van der Waals surface area (Å²) in [5, 5.41) is 9.01. The fourth-order valence-electron chi connectivity index (χ4n) is 1.70. The zero-order chi connectivity index (χ0) is 9.52. The molecule has 2 atom stereocenters. The number of hydrogen-bond donors (Lipinski definition) is 1. The lowest BCUT2D eigenvalue weighted by Crippen LogP contribution is -2.15. The number of aliphatic carboxylic acids is 1. The van der Waals surface area contributed by atoms with E-state index in [0.29, 0.717) is 3.39 Å². The molecule has 0 saturated heterocycles. The highest BCUT2D eigenvalue weighted by Crippen LogP contribution is 2.60. The van der Waals surface area contributed by atoms with E-state index in [4.69, 9.17) is 5.11 Å². The van der Waals surface area contributed by atoms with Gasteiger partial charge in [0.1, 0.15) is 0 Å². The van der Waals surface area contributed by atoms with Gasteiger partial charge < -0.3 is 5.11 Å². The molecule has 1 N–H and O–H groups in total. The fraction of sp³-hybridized carbons (Fsp3) is 0.625. The Hall–Kier alpha value is 0.170. The Labute approximate surface area is 88.3 Å². The maximum atomic E-state index is 11.0. The Bertz CT molecular complexity index is 235. The van der Waals surface area contributed by atoms with Gasteiger partial charge >= 0.3 is 5.97 Å². The Morgan fingerprint density at radius 2 is 1.83 bits per heavy atom. The fourth-order valence-corrected chi connectivity index (χ4v) is 2.46. The van der Waals surface area contributed by atoms with Gasteiger partial charge in [-0.05, 0) is 49.8 Å². The van der Waals surface area contributed by atoms with Gasteiger partial charge in [0.15, 0.2) is 0 Å². The second kappa shape index (κ2) is 3.14. The third kappa shape index (κ3) is 1.35. The molecule has 2 unspecified atom stereocenters. The minimum atomic E-state index is -0.737. The van der Waals surface area contributed by atoms with Crippen molar-refractivity contribution in [2.45, 2.75) is 13.8 Å². The quantitative estimate of drug-likeness (QED) is 0.851. The number of carbonyl (C=O) groups is 1. The van der Waals surface area contributed by atoms with Crippen LogP contribution in [0.3, 0.4) is 0 Å². The number of rotatable bonds is 2. The summed E-state index contributed by atoms with van der Waals surface area (Å²) in [4.78, 5) is 11.0. The molecule has 0 amide bonds. The van der Waals surface area contributed by atoms with E-state index in [0.717, 1.165) is 0 Å². The molecule has 0 aromatic rings. The molecule has 0 aromatic carbocycles. The molecule has 1 rings (SSSR count). The molecule has 12 heavy (non-hydrogen) atoms. The average Bonchev–Trinajstić information content (AvgIpc) is 2.41. The van der Waals surface area contributed by atoms with Crippen LogP contribution in [0.1, 0.15) is 13.8 Å². The van der Waals surface area contributed by atoms with Crippen molar-refractivity contribution in [2.75, 3.05) is 0 Å². The van der Waals surface area contributed by atoms with Crippen molar-refractivity contribution in [3.05, 3.63) is 9.47 Å². The van der Waals surface area contributed by atoms with Gasteiger partial charge in [-0.25, -0.2) is 0 Å². The topological polar surface area (TPSA) is 37.3 Å². The minimum absolute atomic E-state index is 0.222. The number of carboxylic acids is 1. The monoisotopic (exact) mass is 296 g/mol. The van der Waals surface area contributed by atoms with E-state index >= 15 is 0 Å². The smallest absolute Gasteiger partial charge is 0.314 e. The van der Waals surface area contributed by atoms with Crippen LogP contribution in [0.15, 0.2) is 9.47 Å². The van der Waals surface area contributed by atoms with Crippen LogP contribution >= 0.6 is 31.9 Å². The van der Waals surface area contributed by atoms with Gasteiger partial charge in [0, 0.05) is 0 Å². The maximum absolute atomic E-state index is 11.0. The van der Waals surface area contributed by atoms with Crippen LogP contribution in [0.2, 0.25) is 0 Å². The van der Waals surface area contributed by atoms with E-state index in [9.17, 15) is 4.79 Å². The van der Waals surface area contributed by atoms with Crippen LogP contribution in [0, 0.1) is 17.3 Å². The van der Waals surface area contributed by atoms with Crippen molar-refractivity contribution in [2.24, 2.45) is 17.3 Å². The van der Waals surface area contributed by atoms with Crippen molar-refractivity contribution in [1.82, 2.24) is 0 Å². The first-order chi connectivity index (χ1) is 5.43. The molecule has 1 aliphatic rings. The Balaban J connectivity index is 2.94. The van der Waals surface area contributed by atoms with Gasteiger partial charge in [-0.1, -0.05) is 13.8 Å². The summed E-state index contributed by atoms with van der Waals surface area (Å²) in [7, 11) is 0. The predicted molar refractivity (Wildman–Crippen MR) is 54.3 cm³/mol. The van der Waals surface area contributed by atoms with Gasteiger partial charge in [-0.2, -0.15) is 0 Å². The van der Waals surface area contributed by atoms with E-state index in [1.807, 2.05) is 13.8 Å². The minimum Gasteiger partial charge on any atom is -0.481 e. The lowest BCUT2D eigenvalue weighted by atomic mass is 10.0. The summed E-state index contributed by atoms with van der Waals surface area (Å²) in [5.74, 6) is -0.292. The van der Waals surface area contributed by atoms with E-state index in [2.05, 4.69) is 31.9 Å². The highest BCUT2D eigenvalue weighted by Gasteiger charge is 2.63. The Kier molecular flexibility index (Phi) is 2.69. The zero-order valence-corrected chi connectivity index (χ0v) is 10.0. The van der Waals surface area contributed by atoms with E-state index in [1.165, 1.54) is 0 Å². The SMILES string of the molecule is CC1C(C)C1(C=C(Br)Br)C(=O)O. The van der Waals surface area contributed by atoms with Gasteiger partial charge in [-0.15, -0.1) is 0 Å². The molecule has 4 heteroatoms. The molecule has 1 aliphatic carbocycles. The summed E-state index contributed by atoms with van der Waals surface area (Å²) < 4.78 is 0.716. The molecule has 0 spiro atoms. The first-order valence-corrected chi connectivity index (χ1v) is 5.28. The van der Waals surface area contributed by atoms with Crippen LogP contribution < -0.4 is 0 Å². The zero-order valence-electron chi connectivity index (χ0n) is 6.84. The van der Waals surface area contributed by atoms with E-state index in [-0.39, 0.29) is 11.8 Å². The van der Waals surface area contributed by atoms with Crippen molar-refractivity contribution in [3.8, 4) is 0 Å². The van der Waals surface area contributed by atoms with Crippen molar-refractivity contribution >= 4 is 37.8 Å². The van der Waals surface area contributed by atoms with Crippen molar-refractivity contribution in [3.63, 3.8) is 0 Å². The molecule has 0 bridgehead atoms. The number of halogens is 2. The van der Waals surface area contributed by atoms with Gasteiger partial charge in [0.2, 0.25) is 0 Å². The average molecular weight is 298 g/mol. The molecule has 0 aromatic heterocycles. The van der Waals surface area contributed by atoms with Gasteiger partial charge in [0.25, 0.3) is 0 Å². The first-order valence-electron chi connectivity index (χ1n) is 3.70. The molecular formula is C8H10Br2O2. The standard InChI is InChI=1S/C8H10Br2O2/c1-4-5(2)8(4,7(11)12)3-6(9)10/h3-5H,1-2H3,(H,11,12). The van der Waals surface area contributed by atoms with Crippen LogP contribution in [0.25, 0.3) is 0 Å². The first kappa shape index (κ1) is 10.3. The normalized spacial score (nSPS) is 39.0. The summed E-state index contributed by atoms with van der Waals surface area (Å²) in [6.07, 6.45) is 1.73. The molecule has 0 heterocycles. The molecule has 0 aliphatic heterocycles. The highest BCUT2D eigenvalue weighted by molar-refractivity contribution is 9.28. The van der Waals surface area contributed by atoms with Crippen LogP contribution in [0.4, 0.5) is 0 Å². The molecule has 1 saturated carbocycles. The second-order valence-electron chi connectivity index (χ2n) is 3.25. The van der Waals surface area contributed by atoms with Crippen LogP contribution in [0.5, 0.6) is 0 Å². The van der Waals surface area contributed by atoms with Gasteiger partial charge in [0.05, 0.1) is 8.81 Å². The summed E-state index contributed by atoms with van der Waals surface area (Å²) in [5.41, 5.74) is -0.650. The van der Waals surface area contributed by atoms with Crippen LogP contribution in [-0.4, -0.2) is 11.1 Å². The van der Waals surface area contributed by atoms with Gasteiger partial charge in [-0.3, -0.25) is 4.79 Å². The summed E-state index contributed by atoms with van der Waals surface area (Å²) in [6, 6.07) is 0. The maximum Gasteiger partial charge on any atom is 0.314 e. The summed E-state index contributed by atoms with van der Waals surface area (Å²) in [6.45, 7) is 3.91. The van der Waals surface area contributed by atoms with Crippen molar-refractivity contribution < 1.29 is 9.90 Å². The summed E-state index contributed by atoms with van der Waals surface area (Å²) >= 11 is 6.38. The van der Waals surface area contributed by atoms with Crippen molar-refractivity contribution in [1.29, 1.82) is 0 Å². The third-order valence-electron chi connectivity index (χ3n) is 2.87. The lowest BCUT2D eigenvalue weighted by Gasteiger charge is -2.04. The highest BCUT2D eigenvalue weighted by atomic mass is 79.9.